The maximum absolute atomic E-state index is 12.8. The van der Waals surface area contributed by atoms with E-state index in [1.807, 2.05) is 27.2 Å². The first-order chi connectivity index (χ1) is 24.0. The number of hydrogen-bond acceptors (Lipinski definition) is 5. The second-order valence-electron chi connectivity index (χ2n) is 13.9. The third kappa shape index (κ3) is 34.4. The molecule has 50 heavy (non-hydrogen) atoms. The Hall–Kier alpha value is -2.06. The van der Waals surface area contributed by atoms with Crippen molar-refractivity contribution in [3.05, 3.63) is 72.9 Å². The van der Waals surface area contributed by atoms with E-state index in [0.29, 0.717) is 17.4 Å². The van der Waals surface area contributed by atoms with Gasteiger partial charge in [0, 0.05) is 6.42 Å². The summed E-state index contributed by atoms with van der Waals surface area (Å²) in [6.07, 6.45) is 42.6. The number of nitrogens with one attached hydrogen (secondary N) is 1. The molecule has 0 saturated carbocycles. The maximum Gasteiger partial charge on any atom is 0.472 e. The average molecular weight is 722 g/mol. The molecule has 0 rings (SSSR count). The molecule has 0 aliphatic carbocycles. The third-order valence-corrected chi connectivity index (χ3v) is 8.89. The lowest BCUT2D eigenvalue weighted by molar-refractivity contribution is -0.870. The number of nitrogens with zero attached hydrogens (tertiary/aromatic N) is 1. The van der Waals surface area contributed by atoms with Crippen molar-refractivity contribution in [1.29, 1.82) is 0 Å². The summed E-state index contributed by atoms with van der Waals surface area (Å²) >= 11 is 0. The largest absolute Gasteiger partial charge is 0.472 e. The fourth-order valence-corrected chi connectivity index (χ4v) is 5.54. The van der Waals surface area contributed by atoms with Crippen LogP contribution < -0.4 is 5.32 Å². The number of aliphatic hydroxyl groups excluding tert-OH is 1. The van der Waals surface area contributed by atoms with Gasteiger partial charge in [0.15, 0.2) is 0 Å². The zero-order valence-electron chi connectivity index (χ0n) is 32.4. The van der Waals surface area contributed by atoms with Crippen LogP contribution in [0.15, 0.2) is 72.9 Å². The molecule has 0 radical (unpaired) electrons. The predicted octanol–water partition coefficient (Wildman–Crippen LogP) is 10.1. The van der Waals surface area contributed by atoms with Gasteiger partial charge in [-0.15, -0.1) is 0 Å². The minimum Gasteiger partial charge on any atom is -0.387 e. The van der Waals surface area contributed by atoms with E-state index in [1.165, 1.54) is 32.1 Å². The van der Waals surface area contributed by atoms with Crippen LogP contribution in [0.4, 0.5) is 0 Å². The van der Waals surface area contributed by atoms with E-state index in [-0.39, 0.29) is 19.1 Å². The van der Waals surface area contributed by atoms with Crippen LogP contribution in [0, 0.1) is 0 Å². The maximum atomic E-state index is 12.8. The highest BCUT2D eigenvalue weighted by Gasteiger charge is 2.27. The summed E-state index contributed by atoms with van der Waals surface area (Å²) in [6, 6.07) is -0.877. The fraction of sp³-hybridized carbons (Fsp3) is 0.683. The Kier molecular flexibility index (Phi) is 31.5. The molecule has 3 N–H and O–H groups in total. The zero-order valence-corrected chi connectivity index (χ0v) is 33.2. The van der Waals surface area contributed by atoms with Gasteiger partial charge < -0.3 is 19.8 Å². The standard InChI is InChI=1S/C41H73N2O6P/c1-6-8-10-12-14-16-18-19-20-21-22-23-25-27-29-31-33-35-41(45)42-39(38-49-50(46,47)48-37-36-43(3,4)5)40(44)34-32-30-28-26-24-17-15-13-11-9-7-2/h8,10,14,16,19-20,22-24,26,32,34,39-40,44H,6-7,9,11-13,15,17-18,21,25,27-31,33,35-38H2,1-5H3,(H-,42,45,46,47)/p+1/b10-8-,16-14-,20-19-,23-22-,26-24+,34-32+. The van der Waals surface area contributed by atoms with Crippen molar-refractivity contribution in [3.8, 4) is 0 Å². The van der Waals surface area contributed by atoms with Crippen molar-refractivity contribution in [3.63, 3.8) is 0 Å². The quantitative estimate of drug-likeness (QED) is 0.0270. The molecule has 3 unspecified atom stereocenters. The number of hydrogen-bond donors (Lipinski definition) is 3. The second kappa shape index (κ2) is 32.8. The van der Waals surface area contributed by atoms with E-state index in [4.69, 9.17) is 9.05 Å². The first-order valence-corrected chi connectivity index (χ1v) is 20.8. The highest BCUT2D eigenvalue weighted by Crippen LogP contribution is 2.43. The number of allylic oxidation sites excluding steroid dienone is 11. The monoisotopic (exact) mass is 722 g/mol. The van der Waals surface area contributed by atoms with Crippen LogP contribution in [0.2, 0.25) is 0 Å². The molecular formula is C41H74N2O6P+. The number of rotatable bonds is 33. The lowest BCUT2D eigenvalue weighted by atomic mass is 10.1. The number of quaternary nitrogens is 1. The molecule has 0 fully saturated rings. The molecular weight excluding hydrogens is 647 g/mol. The SMILES string of the molecule is CC/C=C\C/C=C\C/C=C\C/C=C\CCCCCCC(=O)NC(COP(=O)(O)OCC[N+](C)(C)C)C(O)/C=C/CC/C=C/CCCCCCC. The Morgan fingerprint density at radius 2 is 1.22 bits per heavy atom. The van der Waals surface area contributed by atoms with Crippen molar-refractivity contribution < 1.29 is 32.9 Å². The molecule has 0 aliphatic rings. The lowest BCUT2D eigenvalue weighted by Gasteiger charge is -2.25. The van der Waals surface area contributed by atoms with Gasteiger partial charge in [0.05, 0.1) is 39.9 Å². The Bertz CT molecular complexity index is 1040. The number of carbonyl (C=O) groups excluding carboxylic acids is 1. The summed E-state index contributed by atoms with van der Waals surface area (Å²) in [4.78, 5) is 23.0. The Labute approximate surface area is 306 Å². The molecule has 8 nitrogen and oxygen atoms in total. The van der Waals surface area contributed by atoms with Crippen LogP contribution in [0.5, 0.6) is 0 Å². The molecule has 1 amide bonds. The van der Waals surface area contributed by atoms with Gasteiger partial charge in [-0.25, -0.2) is 4.57 Å². The van der Waals surface area contributed by atoms with E-state index in [2.05, 4.69) is 79.9 Å². The van der Waals surface area contributed by atoms with Crippen LogP contribution in [0.3, 0.4) is 0 Å². The van der Waals surface area contributed by atoms with Crippen molar-refractivity contribution >= 4 is 13.7 Å². The number of aliphatic hydroxyl groups is 1. The lowest BCUT2D eigenvalue weighted by Crippen LogP contribution is -2.45. The van der Waals surface area contributed by atoms with Gasteiger partial charge in [0.2, 0.25) is 5.91 Å². The molecule has 0 heterocycles. The molecule has 0 aromatic rings. The first kappa shape index (κ1) is 47.9. The smallest absolute Gasteiger partial charge is 0.387 e. The average Bonchev–Trinajstić information content (AvgIpc) is 3.06. The second-order valence-corrected chi connectivity index (χ2v) is 15.4. The fourth-order valence-electron chi connectivity index (χ4n) is 4.81. The summed E-state index contributed by atoms with van der Waals surface area (Å²) in [7, 11) is 1.52. The summed E-state index contributed by atoms with van der Waals surface area (Å²) < 4.78 is 23.4. The summed E-state index contributed by atoms with van der Waals surface area (Å²) in [5, 5.41) is 13.7. The van der Waals surface area contributed by atoms with Crippen LogP contribution in [0.25, 0.3) is 0 Å². The van der Waals surface area contributed by atoms with Gasteiger partial charge in [0.25, 0.3) is 0 Å². The van der Waals surface area contributed by atoms with Crippen LogP contribution in [-0.2, 0) is 18.4 Å². The first-order valence-electron chi connectivity index (χ1n) is 19.3. The van der Waals surface area contributed by atoms with Gasteiger partial charge in [-0.2, -0.15) is 0 Å². The van der Waals surface area contributed by atoms with Crippen molar-refractivity contribution in [2.24, 2.45) is 0 Å². The predicted molar refractivity (Wildman–Crippen MR) is 212 cm³/mol. The highest BCUT2D eigenvalue weighted by molar-refractivity contribution is 7.47. The van der Waals surface area contributed by atoms with E-state index in [0.717, 1.165) is 77.0 Å². The molecule has 0 saturated heterocycles. The zero-order chi connectivity index (χ0) is 37.2. The van der Waals surface area contributed by atoms with Crippen LogP contribution in [0.1, 0.15) is 129 Å². The van der Waals surface area contributed by atoms with E-state index in [9.17, 15) is 19.4 Å². The normalized spacial score (nSPS) is 15.4. The molecule has 0 aromatic carbocycles. The van der Waals surface area contributed by atoms with Crippen LogP contribution >= 0.6 is 7.82 Å². The van der Waals surface area contributed by atoms with Crippen LogP contribution in [-0.4, -0.2) is 73.4 Å². The van der Waals surface area contributed by atoms with Crippen molar-refractivity contribution in [2.45, 2.75) is 142 Å². The Morgan fingerprint density at radius 1 is 0.700 bits per heavy atom. The molecule has 0 aromatic heterocycles. The summed E-state index contributed by atoms with van der Waals surface area (Å²) in [5.74, 6) is -0.217. The highest BCUT2D eigenvalue weighted by atomic mass is 31.2. The topological polar surface area (TPSA) is 105 Å². The summed E-state index contributed by atoms with van der Waals surface area (Å²) in [5.41, 5.74) is 0. The molecule has 3 atom stereocenters. The Balaban J connectivity index is 4.61. The molecule has 0 bridgehead atoms. The van der Waals surface area contributed by atoms with Crippen molar-refractivity contribution in [2.75, 3.05) is 40.9 Å². The van der Waals surface area contributed by atoms with Gasteiger partial charge in [-0.1, -0.05) is 125 Å². The van der Waals surface area contributed by atoms with Gasteiger partial charge in [0.1, 0.15) is 13.2 Å². The summed E-state index contributed by atoms with van der Waals surface area (Å²) in [6.45, 7) is 4.59. The van der Waals surface area contributed by atoms with E-state index >= 15 is 0 Å². The Morgan fingerprint density at radius 3 is 1.82 bits per heavy atom. The van der Waals surface area contributed by atoms with Gasteiger partial charge >= 0.3 is 7.82 Å². The number of phosphoric acid groups is 1. The minimum absolute atomic E-state index is 0.0469. The number of amides is 1. The van der Waals surface area contributed by atoms with Crippen molar-refractivity contribution in [1.82, 2.24) is 5.32 Å². The van der Waals surface area contributed by atoms with E-state index in [1.54, 1.807) is 6.08 Å². The third-order valence-electron chi connectivity index (χ3n) is 7.91. The number of carbonyl (C=O) groups is 1. The van der Waals surface area contributed by atoms with Gasteiger partial charge in [-0.05, 0) is 70.6 Å². The molecule has 0 spiro atoms. The number of unbranched alkanes of at least 4 members (excludes halogenated alkanes) is 10. The number of likely N-dealkylation sites (N-methyl/N-ethyl adjacent to an activating group) is 1. The number of phosphoric ester groups is 1. The molecule has 0 aliphatic heterocycles. The molecule has 288 valence electrons. The van der Waals surface area contributed by atoms with Gasteiger partial charge in [-0.3, -0.25) is 13.8 Å². The molecule has 9 heteroatoms. The van der Waals surface area contributed by atoms with E-state index < -0.39 is 20.0 Å². The minimum atomic E-state index is -4.35.